The summed E-state index contributed by atoms with van der Waals surface area (Å²) in [6.07, 6.45) is 0. The van der Waals surface area contributed by atoms with E-state index in [1.165, 1.54) is 0 Å². The first-order chi connectivity index (χ1) is 14.0. The van der Waals surface area contributed by atoms with E-state index in [-0.39, 0.29) is 12.5 Å². The van der Waals surface area contributed by atoms with Crippen molar-refractivity contribution in [2.75, 3.05) is 20.8 Å². The molecule has 0 aliphatic carbocycles. The summed E-state index contributed by atoms with van der Waals surface area (Å²) in [6.45, 7) is 6.64. The maximum Gasteiger partial charge on any atom is 0.254 e. The Morgan fingerprint density at radius 2 is 1.83 bits per heavy atom. The third-order valence-electron chi connectivity index (χ3n) is 4.72. The van der Waals surface area contributed by atoms with Crippen LogP contribution in [0.15, 0.2) is 40.9 Å². The van der Waals surface area contributed by atoms with Crippen molar-refractivity contribution in [2.24, 2.45) is 0 Å². The number of benzene rings is 2. The summed E-state index contributed by atoms with van der Waals surface area (Å²) in [5.74, 6) is 1.94. The van der Waals surface area contributed by atoms with Crippen LogP contribution in [-0.2, 0) is 6.54 Å². The molecular formula is C22H25N3O4. The molecule has 0 spiro atoms. The Morgan fingerprint density at radius 1 is 1.07 bits per heavy atom. The lowest BCUT2D eigenvalue weighted by Crippen LogP contribution is -2.31. The average Bonchev–Trinajstić information content (AvgIpc) is 3.19. The normalized spacial score (nSPS) is 10.7. The summed E-state index contributed by atoms with van der Waals surface area (Å²) in [6, 6.07) is 11.2. The molecule has 0 radical (unpaired) electrons. The molecule has 3 aromatic rings. The van der Waals surface area contributed by atoms with Gasteiger partial charge in [-0.1, -0.05) is 22.9 Å². The van der Waals surface area contributed by atoms with Gasteiger partial charge >= 0.3 is 0 Å². The molecule has 0 aliphatic rings. The van der Waals surface area contributed by atoms with E-state index in [0.717, 1.165) is 16.7 Å². The minimum absolute atomic E-state index is 0.0594. The predicted octanol–water partition coefficient (Wildman–Crippen LogP) is 4.03. The van der Waals surface area contributed by atoms with Gasteiger partial charge in [0, 0.05) is 17.7 Å². The molecule has 1 aromatic heterocycles. The molecule has 0 saturated heterocycles. The Balaban J connectivity index is 1.80. The van der Waals surface area contributed by atoms with Crippen molar-refractivity contribution in [2.45, 2.75) is 27.3 Å². The van der Waals surface area contributed by atoms with Crippen molar-refractivity contribution in [1.29, 1.82) is 0 Å². The maximum absolute atomic E-state index is 12.9. The lowest BCUT2D eigenvalue weighted by atomic mass is 10.0. The molecule has 0 unspecified atom stereocenters. The van der Waals surface area contributed by atoms with E-state index in [1.54, 1.807) is 31.3 Å². The van der Waals surface area contributed by atoms with Crippen LogP contribution in [0.3, 0.4) is 0 Å². The van der Waals surface area contributed by atoms with Gasteiger partial charge in [-0.05, 0) is 50.6 Å². The first-order valence-corrected chi connectivity index (χ1v) is 9.38. The quantitative estimate of drug-likeness (QED) is 0.601. The highest BCUT2D eigenvalue weighted by atomic mass is 16.5. The third-order valence-corrected chi connectivity index (χ3v) is 4.72. The lowest BCUT2D eigenvalue weighted by molar-refractivity contribution is 0.0734. The monoisotopic (exact) mass is 395 g/mol. The van der Waals surface area contributed by atoms with Crippen LogP contribution < -0.4 is 9.47 Å². The highest BCUT2D eigenvalue weighted by Gasteiger charge is 2.20. The van der Waals surface area contributed by atoms with Gasteiger partial charge in [0.15, 0.2) is 11.5 Å². The summed E-state index contributed by atoms with van der Waals surface area (Å²) >= 11 is 0. The van der Waals surface area contributed by atoms with E-state index >= 15 is 0 Å². The zero-order chi connectivity index (χ0) is 21.0. The minimum atomic E-state index is -0.0594. The van der Waals surface area contributed by atoms with Gasteiger partial charge < -0.3 is 18.9 Å². The topological polar surface area (TPSA) is 77.7 Å². The Kier molecular flexibility index (Phi) is 6.16. The second-order valence-corrected chi connectivity index (χ2v) is 6.72. The van der Waals surface area contributed by atoms with Gasteiger partial charge in [0.1, 0.15) is 6.54 Å². The Hall–Kier alpha value is -3.35. The number of nitrogens with zero attached hydrogens (tertiary/aromatic N) is 3. The molecule has 0 fully saturated rings. The van der Waals surface area contributed by atoms with Crippen molar-refractivity contribution in [3.05, 3.63) is 59.0 Å². The van der Waals surface area contributed by atoms with Crippen molar-refractivity contribution in [3.63, 3.8) is 0 Å². The van der Waals surface area contributed by atoms with Crippen LogP contribution >= 0.6 is 0 Å². The maximum atomic E-state index is 12.9. The van der Waals surface area contributed by atoms with Crippen molar-refractivity contribution in [3.8, 4) is 22.9 Å². The average molecular weight is 395 g/mol. The number of aryl methyl sites for hydroxylation is 2. The fourth-order valence-electron chi connectivity index (χ4n) is 3.13. The number of ether oxygens (including phenoxy) is 2. The summed E-state index contributed by atoms with van der Waals surface area (Å²) in [5, 5.41) is 4.05. The molecule has 3 rings (SSSR count). The van der Waals surface area contributed by atoms with Crippen LogP contribution in [0.2, 0.25) is 0 Å². The number of methoxy groups -OCH3 is 2. The highest BCUT2D eigenvalue weighted by Crippen LogP contribution is 2.31. The van der Waals surface area contributed by atoms with E-state index < -0.39 is 0 Å². The molecule has 0 atom stereocenters. The smallest absolute Gasteiger partial charge is 0.254 e. The Morgan fingerprint density at radius 3 is 2.48 bits per heavy atom. The molecule has 0 aliphatic heterocycles. The Labute approximate surface area is 170 Å². The third kappa shape index (κ3) is 4.39. The van der Waals surface area contributed by atoms with E-state index in [2.05, 4.69) is 10.1 Å². The number of hydrogen-bond acceptors (Lipinski definition) is 6. The molecule has 0 N–H and O–H groups in total. The Bertz CT molecular complexity index is 1010. The number of amides is 1. The molecule has 7 nitrogen and oxygen atoms in total. The molecule has 0 bridgehead atoms. The summed E-state index contributed by atoms with van der Waals surface area (Å²) in [4.78, 5) is 19.1. The molecule has 1 amide bonds. The van der Waals surface area contributed by atoms with Gasteiger partial charge in [-0.25, -0.2) is 0 Å². The molecule has 1 heterocycles. The van der Waals surface area contributed by atoms with Gasteiger partial charge in [0.25, 0.3) is 5.91 Å². The number of aromatic nitrogens is 2. The van der Waals surface area contributed by atoms with Crippen LogP contribution in [-0.4, -0.2) is 41.7 Å². The molecule has 7 heteroatoms. The molecule has 2 aromatic carbocycles. The minimum Gasteiger partial charge on any atom is -0.493 e. The highest BCUT2D eigenvalue weighted by molar-refractivity contribution is 5.95. The first-order valence-electron chi connectivity index (χ1n) is 9.38. The SMILES string of the molecule is CCN(Cc1nc(-c2ccc(OC)c(OC)c2)no1)C(=O)c1ccc(C)cc1C. The van der Waals surface area contributed by atoms with Crippen molar-refractivity contribution >= 4 is 5.91 Å². The van der Waals surface area contributed by atoms with Crippen LogP contribution in [0.4, 0.5) is 0 Å². The van der Waals surface area contributed by atoms with E-state index in [1.807, 2.05) is 45.0 Å². The van der Waals surface area contributed by atoms with E-state index in [0.29, 0.717) is 35.3 Å². The van der Waals surface area contributed by atoms with Gasteiger partial charge in [-0.15, -0.1) is 0 Å². The largest absolute Gasteiger partial charge is 0.493 e. The van der Waals surface area contributed by atoms with Crippen LogP contribution in [0.1, 0.15) is 34.3 Å². The molecule has 0 saturated carbocycles. The molecule has 29 heavy (non-hydrogen) atoms. The zero-order valence-electron chi connectivity index (χ0n) is 17.4. The second kappa shape index (κ2) is 8.77. The first kappa shape index (κ1) is 20.4. The van der Waals surface area contributed by atoms with Crippen LogP contribution in [0, 0.1) is 13.8 Å². The zero-order valence-corrected chi connectivity index (χ0v) is 17.4. The predicted molar refractivity (Wildman–Crippen MR) is 109 cm³/mol. The number of carbonyl (C=O) groups is 1. The fraction of sp³-hybridized carbons (Fsp3) is 0.318. The van der Waals surface area contributed by atoms with E-state index in [4.69, 9.17) is 14.0 Å². The lowest BCUT2D eigenvalue weighted by Gasteiger charge is -2.20. The van der Waals surface area contributed by atoms with Crippen molar-refractivity contribution < 1.29 is 18.8 Å². The van der Waals surface area contributed by atoms with Crippen LogP contribution in [0.25, 0.3) is 11.4 Å². The van der Waals surface area contributed by atoms with E-state index in [9.17, 15) is 4.79 Å². The summed E-state index contributed by atoms with van der Waals surface area (Å²) in [5.41, 5.74) is 3.49. The molecule has 152 valence electrons. The van der Waals surface area contributed by atoms with Gasteiger partial charge in [-0.2, -0.15) is 4.98 Å². The summed E-state index contributed by atoms with van der Waals surface area (Å²) < 4.78 is 16.0. The van der Waals surface area contributed by atoms with Crippen LogP contribution in [0.5, 0.6) is 11.5 Å². The van der Waals surface area contributed by atoms with Gasteiger partial charge in [0.05, 0.1) is 14.2 Å². The van der Waals surface area contributed by atoms with Gasteiger partial charge in [0.2, 0.25) is 11.7 Å². The molecular weight excluding hydrogens is 370 g/mol. The van der Waals surface area contributed by atoms with Crippen molar-refractivity contribution in [1.82, 2.24) is 15.0 Å². The number of rotatable bonds is 7. The standard InChI is InChI=1S/C22H25N3O4/c1-6-25(22(26)17-9-7-14(2)11-15(17)3)13-20-23-21(24-29-20)16-8-10-18(27-4)19(12-16)28-5/h7-12H,6,13H2,1-5H3. The number of carbonyl (C=O) groups excluding carboxylic acids is 1. The fourth-order valence-corrected chi connectivity index (χ4v) is 3.13. The summed E-state index contributed by atoms with van der Waals surface area (Å²) in [7, 11) is 3.15. The second-order valence-electron chi connectivity index (χ2n) is 6.72. The number of hydrogen-bond donors (Lipinski definition) is 0. The van der Waals surface area contributed by atoms with Gasteiger partial charge in [-0.3, -0.25) is 4.79 Å².